The van der Waals surface area contributed by atoms with Gasteiger partial charge in [0, 0.05) is 0 Å². The van der Waals surface area contributed by atoms with Gasteiger partial charge in [0.15, 0.2) is 0 Å². The van der Waals surface area contributed by atoms with E-state index in [0.29, 0.717) is 0 Å². The molecule has 0 spiro atoms. The van der Waals surface area contributed by atoms with Gasteiger partial charge in [-0.1, -0.05) is 57.0 Å². The average Bonchev–Trinajstić information content (AvgIpc) is 2.46. The molecule has 1 aromatic carbocycles. The molecule has 2 rings (SSSR count). The Bertz CT molecular complexity index is 463. The zero-order valence-electron chi connectivity index (χ0n) is 13.6. The van der Waals surface area contributed by atoms with E-state index in [1.165, 1.54) is 42.4 Å². The molecule has 0 bridgehead atoms. The number of aliphatic hydroxyl groups is 1. The van der Waals surface area contributed by atoms with Crippen LogP contribution in [0, 0.1) is 18.8 Å². The molecule has 1 heteroatoms. The highest BCUT2D eigenvalue weighted by atomic mass is 16.3. The summed E-state index contributed by atoms with van der Waals surface area (Å²) in [6, 6.07) is 6.54. The van der Waals surface area contributed by atoms with Crippen LogP contribution >= 0.6 is 0 Å². The van der Waals surface area contributed by atoms with Crippen LogP contribution in [0.25, 0.3) is 6.08 Å². The zero-order chi connectivity index (χ0) is 15.2. The smallest absolute Gasteiger partial charge is 0.0546 e. The van der Waals surface area contributed by atoms with E-state index in [1.54, 1.807) is 0 Å². The van der Waals surface area contributed by atoms with E-state index in [-0.39, 0.29) is 6.10 Å². The van der Waals surface area contributed by atoms with E-state index in [1.807, 2.05) is 6.08 Å². The van der Waals surface area contributed by atoms with Gasteiger partial charge < -0.3 is 5.11 Å². The number of rotatable bonds is 6. The van der Waals surface area contributed by atoms with Crippen LogP contribution in [0.2, 0.25) is 0 Å². The number of aliphatic hydroxyl groups excluding tert-OH is 1. The minimum absolute atomic E-state index is 0.145. The third kappa shape index (κ3) is 5.00. The van der Waals surface area contributed by atoms with Gasteiger partial charge in [-0.05, 0) is 61.1 Å². The number of aryl methyl sites for hydroxylation is 2. The van der Waals surface area contributed by atoms with Crippen molar-refractivity contribution in [3.8, 4) is 0 Å². The highest BCUT2D eigenvalue weighted by molar-refractivity contribution is 5.52. The van der Waals surface area contributed by atoms with Crippen molar-refractivity contribution in [1.82, 2.24) is 0 Å². The van der Waals surface area contributed by atoms with E-state index in [2.05, 4.69) is 38.6 Å². The second-order valence-electron chi connectivity index (χ2n) is 6.96. The summed E-state index contributed by atoms with van der Waals surface area (Å²) >= 11 is 0. The summed E-state index contributed by atoms with van der Waals surface area (Å²) in [4.78, 5) is 0. The molecule has 1 aliphatic rings. The maximum absolute atomic E-state index is 10.3. The molecule has 3 unspecified atom stereocenters. The molecule has 0 amide bonds. The Labute approximate surface area is 130 Å². The quantitative estimate of drug-likeness (QED) is 0.767. The monoisotopic (exact) mass is 286 g/mol. The molecule has 0 heterocycles. The first-order valence-electron chi connectivity index (χ1n) is 8.48. The van der Waals surface area contributed by atoms with Crippen LogP contribution in [0.5, 0.6) is 0 Å². The van der Waals surface area contributed by atoms with E-state index in [9.17, 15) is 5.11 Å². The van der Waals surface area contributed by atoms with Gasteiger partial charge in [0.05, 0.1) is 6.10 Å². The van der Waals surface area contributed by atoms with Crippen LogP contribution in [-0.2, 0) is 6.42 Å². The number of hydrogen-bond donors (Lipinski definition) is 1. The molecule has 1 aliphatic carbocycles. The highest BCUT2D eigenvalue weighted by Gasteiger charge is 2.21. The molecule has 1 saturated carbocycles. The fourth-order valence-corrected chi connectivity index (χ4v) is 3.68. The minimum Gasteiger partial charge on any atom is -0.393 e. The lowest BCUT2D eigenvalue weighted by Crippen LogP contribution is -2.19. The zero-order valence-corrected chi connectivity index (χ0v) is 13.6. The maximum Gasteiger partial charge on any atom is 0.0546 e. The molecule has 21 heavy (non-hydrogen) atoms. The molecule has 1 aromatic rings. The molecule has 0 aromatic heterocycles. The lowest BCUT2D eigenvalue weighted by Gasteiger charge is -2.28. The van der Waals surface area contributed by atoms with Crippen LogP contribution in [0.3, 0.4) is 0 Å². The van der Waals surface area contributed by atoms with Crippen molar-refractivity contribution in [1.29, 1.82) is 0 Å². The fourth-order valence-electron chi connectivity index (χ4n) is 3.68. The summed E-state index contributed by atoms with van der Waals surface area (Å²) in [5.74, 6) is 1.59. The Hall–Kier alpha value is -1.08. The van der Waals surface area contributed by atoms with Crippen LogP contribution in [0.15, 0.2) is 24.8 Å². The van der Waals surface area contributed by atoms with Gasteiger partial charge >= 0.3 is 0 Å². The largest absolute Gasteiger partial charge is 0.393 e. The van der Waals surface area contributed by atoms with Gasteiger partial charge in [-0.2, -0.15) is 0 Å². The Morgan fingerprint density at radius 2 is 2.19 bits per heavy atom. The number of hydrogen-bond acceptors (Lipinski definition) is 1. The topological polar surface area (TPSA) is 20.2 Å². The van der Waals surface area contributed by atoms with Gasteiger partial charge in [-0.15, -0.1) is 0 Å². The van der Waals surface area contributed by atoms with Crippen molar-refractivity contribution < 1.29 is 5.11 Å². The van der Waals surface area contributed by atoms with Gasteiger partial charge in [0.25, 0.3) is 0 Å². The van der Waals surface area contributed by atoms with Gasteiger partial charge in [-0.3, -0.25) is 0 Å². The molecule has 3 atom stereocenters. The molecule has 1 nitrogen and oxygen atoms in total. The molecule has 1 N–H and O–H groups in total. The fraction of sp³-hybridized carbons (Fsp3) is 0.600. The predicted molar refractivity (Wildman–Crippen MR) is 91.3 cm³/mol. The first-order chi connectivity index (χ1) is 10.1. The van der Waals surface area contributed by atoms with Crippen LogP contribution in [0.1, 0.15) is 62.1 Å². The summed E-state index contributed by atoms with van der Waals surface area (Å²) in [5.41, 5.74) is 3.79. The summed E-state index contributed by atoms with van der Waals surface area (Å²) in [6.45, 7) is 8.32. The highest BCUT2D eigenvalue weighted by Crippen LogP contribution is 2.32. The summed E-state index contributed by atoms with van der Waals surface area (Å²) in [6.07, 6.45) is 9.95. The molecule has 0 aliphatic heterocycles. The van der Waals surface area contributed by atoms with Crippen LogP contribution < -0.4 is 0 Å². The second-order valence-corrected chi connectivity index (χ2v) is 6.96. The third-order valence-corrected chi connectivity index (χ3v) is 4.98. The van der Waals surface area contributed by atoms with Crippen molar-refractivity contribution in [3.05, 3.63) is 41.5 Å². The molecule has 0 saturated heterocycles. The van der Waals surface area contributed by atoms with Gasteiger partial charge in [0.1, 0.15) is 0 Å². The second kappa shape index (κ2) is 7.79. The molecular formula is C20H30O. The Balaban J connectivity index is 1.80. The standard InChI is InChI=1S/C20H30O/c1-4-19-13-17(9-8-16(19)3)10-11-20(21)14-18-7-5-6-15(2)12-18/h4,8-9,13,15,18,20-21H,1,5-7,10-12,14H2,2-3H3. The SMILES string of the molecule is C=Cc1cc(CCC(O)CC2CCCC(C)C2)ccc1C. The summed E-state index contributed by atoms with van der Waals surface area (Å²) in [5, 5.41) is 10.3. The van der Waals surface area contributed by atoms with Gasteiger partial charge in [0.2, 0.25) is 0 Å². The Morgan fingerprint density at radius 1 is 1.38 bits per heavy atom. The van der Waals surface area contributed by atoms with Crippen molar-refractivity contribution >= 4 is 6.08 Å². The Kier molecular flexibility index (Phi) is 6.05. The molecule has 116 valence electrons. The van der Waals surface area contributed by atoms with E-state index < -0.39 is 0 Å². The van der Waals surface area contributed by atoms with Crippen LogP contribution in [-0.4, -0.2) is 11.2 Å². The first kappa shape index (κ1) is 16.3. The third-order valence-electron chi connectivity index (χ3n) is 4.98. The lowest BCUT2D eigenvalue weighted by atomic mass is 9.79. The van der Waals surface area contributed by atoms with Crippen molar-refractivity contribution in [2.45, 2.75) is 64.9 Å². The normalized spacial score (nSPS) is 23.8. The van der Waals surface area contributed by atoms with E-state index in [4.69, 9.17) is 0 Å². The predicted octanol–water partition coefficient (Wildman–Crippen LogP) is 5.15. The summed E-state index contributed by atoms with van der Waals surface area (Å²) < 4.78 is 0. The number of benzene rings is 1. The van der Waals surface area contributed by atoms with Crippen LogP contribution in [0.4, 0.5) is 0 Å². The van der Waals surface area contributed by atoms with E-state index >= 15 is 0 Å². The van der Waals surface area contributed by atoms with Crippen molar-refractivity contribution in [2.75, 3.05) is 0 Å². The van der Waals surface area contributed by atoms with E-state index in [0.717, 1.165) is 31.1 Å². The molecule has 1 fully saturated rings. The summed E-state index contributed by atoms with van der Waals surface area (Å²) in [7, 11) is 0. The van der Waals surface area contributed by atoms with Gasteiger partial charge in [-0.25, -0.2) is 0 Å². The first-order valence-corrected chi connectivity index (χ1v) is 8.48. The minimum atomic E-state index is -0.145. The lowest BCUT2D eigenvalue weighted by molar-refractivity contribution is 0.114. The maximum atomic E-state index is 10.3. The Morgan fingerprint density at radius 3 is 2.90 bits per heavy atom. The van der Waals surface area contributed by atoms with Crippen molar-refractivity contribution in [3.63, 3.8) is 0 Å². The average molecular weight is 286 g/mol. The molecule has 0 radical (unpaired) electrons. The molecular weight excluding hydrogens is 256 g/mol. The van der Waals surface area contributed by atoms with Crippen molar-refractivity contribution in [2.24, 2.45) is 11.8 Å².